The number of benzene rings is 1. The molecule has 0 saturated heterocycles. The van der Waals surface area contributed by atoms with Crippen molar-refractivity contribution in [2.45, 2.75) is 32.6 Å². The Bertz CT molecular complexity index is 581. The first kappa shape index (κ1) is 15.2. The van der Waals surface area contributed by atoms with Crippen molar-refractivity contribution in [3.05, 3.63) is 42.0 Å². The van der Waals surface area contributed by atoms with Crippen LogP contribution in [0.4, 0.5) is 5.69 Å². The number of rotatable bonds is 5. The van der Waals surface area contributed by atoms with Crippen LogP contribution in [0.15, 0.2) is 36.4 Å². The summed E-state index contributed by atoms with van der Waals surface area (Å²) in [6.07, 6.45) is 4.25. The van der Waals surface area contributed by atoms with Crippen molar-refractivity contribution in [1.29, 1.82) is 0 Å². The van der Waals surface area contributed by atoms with Crippen LogP contribution in [-0.4, -0.2) is 18.1 Å². The highest BCUT2D eigenvalue weighted by molar-refractivity contribution is 6.28. The molecular weight excluding hydrogens is 266 g/mol. The third-order valence-electron chi connectivity index (χ3n) is 3.78. The molecule has 4 nitrogen and oxygen atoms in total. The summed E-state index contributed by atoms with van der Waals surface area (Å²) in [7, 11) is 0. The van der Waals surface area contributed by atoms with Gasteiger partial charge in [-0.05, 0) is 29.5 Å². The van der Waals surface area contributed by atoms with Crippen LogP contribution in [0.3, 0.4) is 0 Å². The number of imide groups is 1. The number of carbonyl (C=O) groups is 3. The van der Waals surface area contributed by atoms with E-state index in [0.717, 1.165) is 23.2 Å². The van der Waals surface area contributed by atoms with Crippen LogP contribution in [0, 0.1) is 5.92 Å². The molecule has 1 atom stereocenters. The van der Waals surface area contributed by atoms with Crippen LogP contribution in [0.1, 0.15) is 32.8 Å². The van der Waals surface area contributed by atoms with E-state index in [2.05, 4.69) is 13.8 Å². The Balaban J connectivity index is 2.21. The molecule has 110 valence electrons. The lowest BCUT2D eigenvalue weighted by atomic mass is 9.78. The minimum atomic E-state index is -0.318. The SMILES string of the molecule is CC(C=O)CC(C)(C)c1ccc(N2C(=O)C=CC2=O)cc1. The maximum Gasteiger partial charge on any atom is 0.258 e. The van der Waals surface area contributed by atoms with Gasteiger partial charge < -0.3 is 4.79 Å². The van der Waals surface area contributed by atoms with Crippen LogP contribution >= 0.6 is 0 Å². The second-order valence-electron chi connectivity index (χ2n) is 6.09. The Morgan fingerprint density at radius 2 is 1.62 bits per heavy atom. The summed E-state index contributed by atoms with van der Waals surface area (Å²) in [5.74, 6) is -0.645. The fourth-order valence-electron chi connectivity index (χ4n) is 2.69. The van der Waals surface area contributed by atoms with E-state index in [1.807, 2.05) is 19.1 Å². The zero-order chi connectivity index (χ0) is 15.6. The fourth-order valence-corrected chi connectivity index (χ4v) is 2.69. The van der Waals surface area contributed by atoms with Gasteiger partial charge in [0.15, 0.2) is 0 Å². The van der Waals surface area contributed by atoms with E-state index < -0.39 is 0 Å². The largest absolute Gasteiger partial charge is 0.303 e. The van der Waals surface area contributed by atoms with Gasteiger partial charge in [-0.25, -0.2) is 4.90 Å². The van der Waals surface area contributed by atoms with Gasteiger partial charge in [0.05, 0.1) is 5.69 Å². The molecule has 0 saturated carbocycles. The Morgan fingerprint density at radius 1 is 1.10 bits per heavy atom. The van der Waals surface area contributed by atoms with Crippen LogP contribution in [-0.2, 0) is 19.8 Å². The summed E-state index contributed by atoms with van der Waals surface area (Å²) < 4.78 is 0. The van der Waals surface area contributed by atoms with E-state index in [0.29, 0.717) is 5.69 Å². The minimum absolute atomic E-state index is 0.00869. The number of aldehydes is 1. The van der Waals surface area contributed by atoms with Gasteiger partial charge in [-0.3, -0.25) is 9.59 Å². The molecule has 0 fully saturated rings. The summed E-state index contributed by atoms with van der Waals surface area (Å²) in [4.78, 5) is 35.2. The minimum Gasteiger partial charge on any atom is -0.303 e. The first-order valence-electron chi connectivity index (χ1n) is 6.97. The molecule has 2 rings (SSSR count). The third kappa shape index (κ3) is 3.10. The summed E-state index contributed by atoms with van der Waals surface area (Å²) in [6.45, 7) is 6.06. The van der Waals surface area contributed by atoms with Gasteiger partial charge in [0, 0.05) is 18.1 Å². The second kappa shape index (κ2) is 5.64. The summed E-state index contributed by atoms with van der Waals surface area (Å²) in [5.41, 5.74) is 1.50. The molecular formula is C17H19NO3. The molecule has 1 unspecified atom stereocenters. The fraction of sp³-hybridized carbons (Fsp3) is 0.353. The van der Waals surface area contributed by atoms with Gasteiger partial charge in [-0.15, -0.1) is 0 Å². The molecule has 1 aromatic rings. The summed E-state index contributed by atoms with van der Waals surface area (Å²) in [6, 6.07) is 7.36. The number of carbonyl (C=O) groups excluding carboxylic acids is 3. The number of anilines is 1. The van der Waals surface area contributed by atoms with Gasteiger partial charge >= 0.3 is 0 Å². The Labute approximate surface area is 124 Å². The monoisotopic (exact) mass is 285 g/mol. The Hall–Kier alpha value is -2.23. The molecule has 0 aliphatic carbocycles. The standard InChI is InChI=1S/C17H19NO3/c1-12(11-19)10-17(2,3)13-4-6-14(7-5-13)18-15(20)8-9-16(18)21/h4-9,11-12H,10H2,1-3H3. The average molecular weight is 285 g/mol. The summed E-state index contributed by atoms with van der Waals surface area (Å²) in [5, 5.41) is 0. The van der Waals surface area contributed by atoms with E-state index in [1.54, 1.807) is 12.1 Å². The molecule has 1 aliphatic heterocycles. The average Bonchev–Trinajstić information content (AvgIpc) is 2.78. The molecule has 1 aromatic carbocycles. The van der Waals surface area contributed by atoms with Crippen molar-refractivity contribution < 1.29 is 14.4 Å². The van der Waals surface area contributed by atoms with Gasteiger partial charge in [0.25, 0.3) is 11.8 Å². The van der Waals surface area contributed by atoms with Gasteiger partial charge in [-0.2, -0.15) is 0 Å². The van der Waals surface area contributed by atoms with Crippen molar-refractivity contribution >= 4 is 23.8 Å². The number of hydrogen-bond donors (Lipinski definition) is 0. The van der Waals surface area contributed by atoms with Crippen molar-refractivity contribution in [3.8, 4) is 0 Å². The van der Waals surface area contributed by atoms with E-state index in [-0.39, 0.29) is 23.1 Å². The highest BCUT2D eigenvalue weighted by Crippen LogP contribution is 2.31. The number of hydrogen-bond acceptors (Lipinski definition) is 3. The highest BCUT2D eigenvalue weighted by Gasteiger charge is 2.27. The molecule has 0 N–H and O–H groups in total. The predicted octanol–water partition coefficient (Wildman–Crippen LogP) is 2.62. The maximum absolute atomic E-state index is 11.6. The van der Waals surface area contributed by atoms with E-state index in [9.17, 15) is 14.4 Å². The van der Waals surface area contributed by atoms with E-state index in [1.165, 1.54) is 12.2 Å². The number of amides is 2. The molecule has 0 radical (unpaired) electrons. The summed E-state index contributed by atoms with van der Waals surface area (Å²) >= 11 is 0. The van der Waals surface area contributed by atoms with E-state index >= 15 is 0 Å². The zero-order valence-electron chi connectivity index (χ0n) is 12.5. The predicted molar refractivity (Wildman–Crippen MR) is 80.9 cm³/mol. The Morgan fingerprint density at radius 3 is 2.10 bits per heavy atom. The number of nitrogens with zero attached hydrogens (tertiary/aromatic N) is 1. The second-order valence-corrected chi connectivity index (χ2v) is 6.09. The van der Waals surface area contributed by atoms with Crippen molar-refractivity contribution in [2.24, 2.45) is 5.92 Å². The molecule has 1 heterocycles. The highest BCUT2D eigenvalue weighted by atomic mass is 16.2. The van der Waals surface area contributed by atoms with Gasteiger partial charge in [0.2, 0.25) is 0 Å². The third-order valence-corrected chi connectivity index (χ3v) is 3.78. The van der Waals surface area contributed by atoms with Gasteiger partial charge in [-0.1, -0.05) is 32.9 Å². The van der Waals surface area contributed by atoms with Crippen LogP contribution in [0.2, 0.25) is 0 Å². The molecule has 0 aromatic heterocycles. The molecule has 4 heteroatoms. The molecule has 0 bridgehead atoms. The zero-order valence-corrected chi connectivity index (χ0v) is 12.5. The lowest BCUT2D eigenvalue weighted by Gasteiger charge is -2.27. The first-order chi connectivity index (χ1) is 9.85. The van der Waals surface area contributed by atoms with Crippen LogP contribution in [0.25, 0.3) is 0 Å². The normalized spacial score (nSPS) is 16.4. The molecule has 21 heavy (non-hydrogen) atoms. The molecule has 0 spiro atoms. The van der Waals surface area contributed by atoms with Crippen molar-refractivity contribution in [2.75, 3.05) is 4.90 Å². The van der Waals surface area contributed by atoms with Crippen molar-refractivity contribution in [3.63, 3.8) is 0 Å². The smallest absolute Gasteiger partial charge is 0.258 e. The topological polar surface area (TPSA) is 54.5 Å². The Kier molecular flexibility index (Phi) is 4.07. The lowest BCUT2D eigenvalue weighted by molar-refractivity contribution is -0.120. The van der Waals surface area contributed by atoms with Crippen molar-refractivity contribution in [1.82, 2.24) is 0 Å². The molecule has 1 aliphatic rings. The quantitative estimate of drug-likeness (QED) is 0.617. The lowest BCUT2D eigenvalue weighted by Crippen LogP contribution is -2.29. The molecule has 2 amide bonds. The van der Waals surface area contributed by atoms with Gasteiger partial charge in [0.1, 0.15) is 6.29 Å². The van der Waals surface area contributed by atoms with Crippen LogP contribution in [0.5, 0.6) is 0 Å². The van der Waals surface area contributed by atoms with E-state index in [4.69, 9.17) is 0 Å². The maximum atomic E-state index is 11.6. The van der Waals surface area contributed by atoms with Crippen LogP contribution < -0.4 is 4.90 Å². The first-order valence-corrected chi connectivity index (χ1v) is 6.97.